The topological polar surface area (TPSA) is 219 Å². The molecule has 2 fully saturated rings. The lowest BCUT2D eigenvalue weighted by Crippen LogP contribution is -2.66. The SMILES string of the molecule is COC(=O)[C@@]1(O[C@@H]2C(OC(=O)c3ccccc3)C(OC(=N)C(Cl)(Cl)Cl)OC(COC(=O)c3ccccc3)[C@@H]2C)CC(OC(C)=O)[C@H](C)[C@H]([C@H](C)[C@@H](COC(C)=O)OC(C)=O)O1. The Bertz CT molecular complexity index is 1880. The minimum atomic E-state index is -2.52. The van der Waals surface area contributed by atoms with Gasteiger partial charge in [-0.15, -0.1) is 0 Å². The van der Waals surface area contributed by atoms with E-state index in [0.29, 0.717) is 0 Å². The van der Waals surface area contributed by atoms with Crippen LogP contribution >= 0.6 is 34.8 Å². The van der Waals surface area contributed by atoms with Crippen LogP contribution in [0.1, 0.15) is 68.7 Å². The fourth-order valence-electron chi connectivity index (χ4n) is 6.92. The molecule has 0 amide bonds. The van der Waals surface area contributed by atoms with E-state index in [1.807, 2.05) is 0 Å². The van der Waals surface area contributed by atoms with E-state index in [-0.39, 0.29) is 11.1 Å². The maximum atomic E-state index is 14.2. The molecule has 0 bridgehead atoms. The molecule has 2 aliphatic heterocycles. The van der Waals surface area contributed by atoms with Crippen molar-refractivity contribution in [3.05, 3.63) is 71.8 Å². The fourth-order valence-corrected chi connectivity index (χ4v) is 7.05. The number of methoxy groups -OCH3 is 1. The zero-order valence-electron chi connectivity index (χ0n) is 34.3. The summed E-state index contributed by atoms with van der Waals surface area (Å²) in [5.41, 5.74) is 0.285. The van der Waals surface area contributed by atoms with Gasteiger partial charge in [-0.25, -0.2) is 14.4 Å². The second-order valence-electron chi connectivity index (χ2n) is 14.5. The average molecular weight is 917 g/mol. The molecule has 0 aromatic heterocycles. The number of carbonyl (C=O) groups is 6. The van der Waals surface area contributed by atoms with Crippen molar-refractivity contribution in [2.24, 2.45) is 17.8 Å². The summed E-state index contributed by atoms with van der Waals surface area (Å²) in [5.74, 6) is -11.0. The van der Waals surface area contributed by atoms with Crippen LogP contribution in [0.25, 0.3) is 0 Å². The standard InChI is InChI=1S/C41H48Cl3NO16/c1-21-29(55-25(5)47)18-40(39(51)52-7,60-32(21)22(2)30(56-26(6)48)19-53-24(4)46)61-33-23(3)31(20-54-35(49)27-14-10-8-11-15-27)57-37(59-38(45)41(42,43)44)34(33)58-36(50)28-16-12-9-13-17-28/h8-17,21-23,29-34,37,45H,18-20H2,1-7H3/t21-,22+,23-,29?,30+,31?,32+,33-,34?,37?,40-/m0/s1. The number of alkyl halides is 3. The number of halogens is 3. The van der Waals surface area contributed by atoms with Crippen LogP contribution in [-0.4, -0.2) is 115 Å². The first-order valence-electron chi connectivity index (χ1n) is 19.0. The Balaban J connectivity index is 1.87. The third-order valence-corrected chi connectivity index (χ3v) is 10.6. The number of nitrogens with one attached hydrogen (secondary N) is 1. The van der Waals surface area contributed by atoms with Crippen molar-refractivity contribution in [1.29, 1.82) is 5.41 Å². The molecular weight excluding hydrogens is 869 g/mol. The van der Waals surface area contributed by atoms with Gasteiger partial charge in [-0.3, -0.25) is 19.8 Å². The highest BCUT2D eigenvalue weighted by Crippen LogP contribution is 2.44. The van der Waals surface area contributed by atoms with Crippen LogP contribution in [0, 0.1) is 23.2 Å². The summed E-state index contributed by atoms with van der Waals surface area (Å²) in [6.07, 6.45) is -10.3. The van der Waals surface area contributed by atoms with Gasteiger partial charge < -0.3 is 47.4 Å². The molecule has 11 atom stereocenters. The lowest BCUT2D eigenvalue weighted by molar-refractivity contribution is -0.359. The maximum Gasteiger partial charge on any atom is 0.366 e. The number of hydrogen-bond acceptors (Lipinski definition) is 17. The van der Waals surface area contributed by atoms with Gasteiger partial charge in [0.25, 0.3) is 9.58 Å². The van der Waals surface area contributed by atoms with E-state index >= 15 is 0 Å². The molecule has 17 nitrogen and oxygen atoms in total. The molecule has 20 heteroatoms. The van der Waals surface area contributed by atoms with Crippen LogP contribution < -0.4 is 0 Å². The van der Waals surface area contributed by atoms with Gasteiger partial charge in [0.2, 0.25) is 12.2 Å². The Kier molecular flexibility index (Phi) is 17.3. The molecule has 61 heavy (non-hydrogen) atoms. The number of esters is 6. The first kappa shape index (κ1) is 49.1. The summed E-state index contributed by atoms with van der Waals surface area (Å²) in [6, 6.07) is 15.8. The summed E-state index contributed by atoms with van der Waals surface area (Å²) in [4.78, 5) is 77.8. The number of hydrogen-bond donors (Lipinski definition) is 1. The third-order valence-electron chi connectivity index (χ3n) is 10.1. The number of benzene rings is 2. The zero-order chi connectivity index (χ0) is 45.2. The van der Waals surface area contributed by atoms with Crippen LogP contribution in [0.4, 0.5) is 0 Å². The van der Waals surface area contributed by atoms with Crippen molar-refractivity contribution in [2.75, 3.05) is 20.3 Å². The molecule has 2 aromatic carbocycles. The second-order valence-corrected chi connectivity index (χ2v) is 16.8. The third kappa shape index (κ3) is 13.0. The van der Waals surface area contributed by atoms with Gasteiger partial charge in [0.15, 0.2) is 6.10 Å². The van der Waals surface area contributed by atoms with E-state index in [4.69, 9.17) is 87.6 Å². The van der Waals surface area contributed by atoms with Gasteiger partial charge in [-0.1, -0.05) is 92.0 Å². The summed E-state index contributed by atoms with van der Waals surface area (Å²) in [6.45, 7) is 7.43. The largest absolute Gasteiger partial charge is 0.465 e. The van der Waals surface area contributed by atoms with Crippen molar-refractivity contribution in [3.63, 3.8) is 0 Å². The second kappa shape index (κ2) is 21.5. The molecule has 4 unspecified atom stereocenters. The van der Waals surface area contributed by atoms with E-state index in [1.165, 1.54) is 31.2 Å². The van der Waals surface area contributed by atoms with Crippen molar-refractivity contribution < 1.29 is 76.1 Å². The summed E-state index contributed by atoms with van der Waals surface area (Å²) < 4.78 is 56.2. The molecule has 2 aliphatic rings. The highest BCUT2D eigenvalue weighted by atomic mass is 35.6. The number of rotatable bonds is 15. The molecule has 1 N–H and O–H groups in total. The van der Waals surface area contributed by atoms with Crippen molar-refractivity contribution >= 4 is 76.5 Å². The predicted octanol–water partition coefficient (Wildman–Crippen LogP) is 5.54. The van der Waals surface area contributed by atoms with Crippen molar-refractivity contribution in [3.8, 4) is 0 Å². The van der Waals surface area contributed by atoms with Crippen LogP contribution in [0.2, 0.25) is 0 Å². The van der Waals surface area contributed by atoms with Gasteiger partial charge in [-0.2, -0.15) is 0 Å². The molecule has 0 saturated carbocycles. The van der Waals surface area contributed by atoms with E-state index in [0.717, 1.165) is 21.0 Å². The normalized spacial score (nSPS) is 27.2. The molecule has 2 aromatic rings. The van der Waals surface area contributed by atoms with E-state index in [1.54, 1.807) is 57.2 Å². The quantitative estimate of drug-likeness (QED) is 0.0763. The first-order chi connectivity index (χ1) is 28.7. The lowest BCUT2D eigenvalue weighted by Gasteiger charge is -2.51. The van der Waals surface area contributed by atoms with Gasteiger partial charge >= 0.3 is 35.8 Å². The Labute approximate surface area is 367 Å². The fraction of sp³-hybridized carbons (Fsp3) is 0.537. The van der Waals surface area contributed by atoms with E-state index in [9.17, 15) is 28.8 Å². The van der Waals surface area contributed by atoms with E-state index < -0.39 is 132 Å². The zero-order valence-corrected chi connectivity index (χ0v) is 36.6. The molecular formula is C41H48Cl3NO16. The van der Waals surface area contributed by atoms with Crippen molar-refractivity contribution in [2.45, 2.75) is 100 Å². The Hall–Kier alpha value is -4.52. The van der Waals surface area contributed by atoms with Crippen LogP contribution in [0.3, 0.4) is 0 Å². The van der Waals surface area contributed by atoms with Crippen molar-refractivity contribution in [1.82, 2.24) is 0 Å². The maximum absolute atomic E-state index is 14.2. The molecule has 4 rings (SSSR count). The molecule has 0 spiro atoms. The number of carbonyl (C=O) groups excluding carboxylic acids is 6. The number of ether oxygens (including phenoxy) is 10. The minimum absolute atomic E-state index is 0.0709. The summed E-state index contributed by atoms with van der Waals surface area (Å²) in [7, 11) is 1.05. The van der Waals surface area contributed by atoms with E-state index in [2.05, 4.69) is 0 Å². The lowest BCUT2D eigenvalue weighted by atomic mass is 9.80. The van der Waals surface area contributed by atoms with Crippen LogP contribution in [-0.2, 0) is 66.5 Å². The van der Waals surface area contributed by atoms with Crippen LogP contribution in [0.5, 0.6) is 0 Å². The smallest absolute Gasteiger partial charge is 0.366 e. The molecule has 2 saturated heterocycles. The molecule has 2 heterocycles. The minimum Gasteiger partial charge on any atom is -0.465 e. The summed E-state index contributed by atoms with van der Waals surface area (Å²) in [5, 5.41) is 8.42. The van der Waals surface area contributed by atoms with Gasteiger partial charge in [-0.05, 0) is 24.3 Å². The van der Waals surface area contributed by atoms with Crippen LogP contribution in [0.15, 0.2) is 60.7 Å². The molecule has 334 valence electrons. The summed E-state index contributed by atoms with van der Waals surface area (Å²) >= 11 is 18.0. The van der Waals surface area contributed by atoms with Gasteiger partial charge in [0.05, 0.1) is 30.8 Å². The molecule has 0 radical (unpaired) electrons. The Morgan fingerprint density at radius 3 is 1.92 bits per heavy atom. The first-order valence-corrected chi connectivity index (χ1v) is 20.2. The molecule has 0 aliphatic carbocycles. The average Bonchev–Trinajstić information content (AvgIpc) is 3.21. The van der Waals surface area contributed by atoms with Gasteiger partial charge in [0.1, 0.15) is 37.6 Å². The Morgan fingerprint density at radius 1 is 0.803 bits per heavy atom. The Morgan fingerprint density at radius 2 is 1.39 bits per heavy atom. The monoisotopic (exact) mass is 915 g/mol. The highest BCUT2D eigenvalue weighted by Gasteiger charge is 2.60. The highest BCUT2D eigenvalue weighted by molar-refractivity contribution is 6.76. The predicted molar refractivity (Wildman–Crippen MR) is 214 cm³/mol. The van der Waals surface area contributed by atoms with Gasteiger partial charge in [0, 0.05) is 38.5 Å².